The first kappa shape index (κ1) is 10.0. The Balaban J connectivity index is 2.55. The second-order valence-electron chi connectivity index (χ2n) is 2.71. The fraction of sp³-hybridized carbons (Fsp3) is 0. The van der Waals surface area contributed by atoms with Crippen LogP contribution in [0.4, 0.5) is 0 Å². The van der Waals surface area contributed by atoms with E-state index in [0.29, 0.717) is 21.4 Å². The number of ether oxygens (including phenoxy) is 1. The number of fused-ring (bicyclic) bond motifs is 1. The van der Waals surface area contributed by atoms with Gasteiger partial charge in [-0.2, -0.15) is 0 Å². The summed E-state index contributed by atoms with van der Waals surface area (Å²) in [6, 6.07) is 5.31. The maximum atomic E-state index is 10.9. The van der Waals surface area contributed by atoms with E-state index < -0.39 is 5.97 Å². The number of nitrogens with one attached hydrogen (secondary N) is 2. The van der Waals surface area contributed by atoms with Gasteiger partial charge in [0.05, 0.1) is 4.70 Å². The lowest BCUT2D eigenvalue weighted by molar-refractivity contribution is -0.126. The van der Waals surface area contributed by atoms with E-state index in [-0.39, 0.29) is 0 Å². The number of hydrogen-bond acceptors (Lipinski definition) is 5. The number of thiazole rings is 1. The second kappa shape index (κ2) is 3.92. The predicted octanol–water partition coefficient (Wildman–Crippen LogP) is 2.51. The van der Waals surface area contributed by atoms with Crippen LogP contribution in [0.3, 0.4) is 0 Å². The predicted molar refractivity (Wildman–Crippen MR) is 61.4 cm³/mol. The van der Waals surface area contributed by atoms with Gasteiger partial charge in [-0.1, -0.05) is 6.07 Å². The van der Waals surface area contributed by atoms with Crippen molar-refractivity contribution in [1.82, 2.24) is 4.98 Å². The van der Waals surface area contributed by atoms with Crippen molar-refractivity contribution in [2.75, 3.05) is 0 Å². The molecule has 15 heavy (non-hydrogen) atoms. The molecule has 0 saturated heterocycles. The highest BCUT2D eigenvalue weighted by Gasteiger charge is 2.07. The van der Waals surface area contributed by atoms with Gasteiger partial charge in [-0.3, -0.25) is 0 Å². The molecule has 0 spiro atoms. The number of aromatic nitrogens is 1. The fourth-order valence-electron chi connectivity index (χ4n) is 1.17. The zero-order valence-corrected chi connectivity index (χ0v) is 9.08. The fourth-order valence-corrected chi connectivity index (χ4v) is 2.29. The van der Waals surface area contributed by atoms with E-state index in [9.17, 15) is 4.79 Å². The number of esters is 1. The third-order valence-electron chi connectivity index (χ3n) is 1.75. The van der Waals surface area contributed by atoms with E-state index in [0.717, 1.165) is 4.70 Å². The Morgan fingerprint density at radius 1 is 1.60 bits per heavy atom. The summed E-state index contributed by atoms with van der Waals surface area (Å²) in [5.74, 6) is -0.304. The number of H-pyrrole nitrogens is 1. The van der Waals surface area contributed by atoms with E-state index in [1.807, 2.05) is 6.07 Å². The standard InChI is InChI=1S/C9H6N2O2S2/c10-4-7(12)13-5-2-1-3-6-8(5)11-9(14)15-6/h1-4,10H,(H,11,14). The molecule has 4 nitrogen and oxygen atoms in total. The van der Waals surface area contributed by atoms with Crippen LogP contribution < -0.4 is 4.74 Å². The first-order valence-electron chi connectivity index (χ1n) is 4.05. The molecule has 0 saturated carbocycles. The lowest BCUT2D eigenvalue weighted by atomic mass is 10.3. The van der Waals surface area contributed by atoms with Gasteiger partial charge in [-0.05, 0) is 24.4 Å². The molecule has 76 valence electrons. The molecule has 0 radical (unpaired) electrons. The summed E-state index contributed by atoms with van der Waals surface area (Å²) in [6.07, 6.45) is 0.625. The van der Waals surface area contributed by atoms with Gasteiger partial charge in [0.2, 0.25) is 0 Å². The highest BCUT2D eigenvalue weighted by molar-refractivity contribution is 7.73. The normalized spacial score (nSPS) is 10.1. The van der Waals surface area contributed by atoms with E-state index in [1.165, 1.54) is 11.3 Å². The molecule has 2 aromatic rings. The molecule has 0 atom stereocenters. The molecule has 1 heterocycles. The zero-order valence-electron chi connectivity index (χ0n) is 7.44. The zero-order chi connectivity index (χ0) is 10.8. The number of carbonyl (C=O) groups is 1. The largest absolute Gasteiger partial charge is 0.420 e. The molecule has 0 unspecified atom stereocenters. The third kappa shape index (κ3) is 1.95. The number of aromatic amines is 1. The lowest BCUT2D eigenvalue weighted by Gasteiger charge is -2.00. The van der Waals surface area contributed by atoms with Crippen LogP contribution in [0.2, 0.25) is 0 Å². The van der Waals surface area contributed by atoms with Crippen LogP contribution in [0.15, 0.2) is 18.2 Å². The Bertz CT molecular complexity index is 585. The smallest absolute Gasteiger partial charge is 0.354 e. The molecular formula is C9H6N2O2S2. The highest BCUT2D eigenvalue weighted by Crippen LogP contribution is 2.27. The molecule has 0 aliphatic heterocycles. The van der Waals surface area contributed by atoms with Gasteiger partial charge in [0.1, 0.15) is 11.7 Å². The van der Waals surface area contributed by atoms with Crippen molar-refractivity contribution in [2.24, 2.45) is 0 Å². The molecule has 0 aliphatic rings. The van der Waals surface area contributed by atoms with Crippen molar-refractivity contribution in [3.63, 3.8) is 0 Å². The van der Waals surface area contributed by atoms with Crippen LogP contribution in [-0.2, 0) is 4.79 Å². The molecule has 2 rings (SSSR count). The van der Waals surface area contributed by atoms with Crippen LogP contribution in [0.25, 0.3) is 10.2 Å². The van der Waals surface area contributed by atoms with Gasteiger partial charge in [-0.15, -0.1) is 11.3 Å². The molecule has 1 aromatic carbocycles. The van der Waals surface area contributed by atoms with Crippen molar-refractivity contribution < 1.29 is 9.53 Å². The van der Waals surface area contributed by atoms with Crippen molar-refractivity contribution in [3.05, 3.63) is 22.2 Å². The topological polar surface area (TPSA) is 65.9 Å². The lowest BCUT2D eigenvalue weighted by Crippen LogP contribution is -2.08. The summed E-state index contributed by atoms with van der Waals surface area (Å²) in [6.45, 7) is 0. The molecule has 0 amide bonds. The Hall–Kier alpha value is -1.53. The Labute approximate surface area is 94.0 Å². The Morgan fingerprint density at radius 3 is 3.13 bits per heavy atom. The molecule has 0 aliphatic carbocycles. The summed E-state index contributed by atoms with van der Waals surface area (Å²) >= 11 is 6.40. The van der Waals surface area contributed by atoms with Crippen molar-refractivity contribution in [3.8, 4) is 5.75 Å². The SMILES string of the molecule is N=CC(=O)Oc1cccc2sc(=S)[nH]c12. The van der Waals surface area contributed by atoms with Gasteiger partial charge >= 0.3 is 5.97 Å². The van der Waals surface area contributed by atoms with Gasteiger partial charge < -0.3 is 15.1 Å². The molecule has 0 bridgehead atoms. The van der Waals surface area contributed by atoms with Crippen LogP contribution >= 0.6 is 23.6 Å². The van der Waals surface area contributed by atoms with E-state index in [1.54, 1.807) is 12.1 Å². The van der Waals surface area contributed by atoms with Gasteiger partial charge in [0, 0.05) is 0 Å². The minimum absolute atomic E-state index is 0.397. The third-order valence-corrected chi connectivity index (χ3v) is 2.95. The molecular weight excluding hydrogens is 232 g/mol. The van der Waals surface area contributed by atoms with Crippen LogP contribution in [0.5, 0.6) is 5.75 Å². The first-order chi connectivity index (χ1) is 7.20. The second-order valence-corrected chi connectivity index (χ2v) is 4.43. The maximum absolute atomic E-state index is 10.9. The van der Waals surface area contributed by atoms with Crippen LogP contribution in [-0.4, -0.2) is 17.2 Å². The summed E-state index contributed by atoms with van der Waals surface area (Å²) in [5.41, 5.74) is 0.697. The average Bonchev–Trinajstić information content (AvgIpc) is 2.59. The maximum Gasteiger partial charge on any atom is 0.354 e. The van der Waals surface area contributed by atoms with Crippen molar-refractivity contribution in [1.29, 1.82) is 5.41 Å². The van der Waals surface area contributed by atoms with Gasteiger partial charge in [-0.25, -0.2) is 4.79 Å². The number of benzene rings is 1. The van der Waals surface area contributed by atoms with E-state index >= 15 is 0 Å². The number of para-hydroxylation sites is 1. The number of carbonyl (C=O) groups excluding carboxylic acids is 1. The average molecular weight is 238 g/mol. The molecule has 0 fully saturated rings. The Morgan fingerprint density at radius 2 is 2.40 bits per heavy atom. The van der Waals surface area contributed by atoms with Crippen LogP contribution in [0, 0.1) is 9.36 Å². The number of hydrogen-bond donors (Lipinski definition) is 2. The summed E-state index contributed by atoms with van der Waals surface area (Å²) < 4.78 is 6.49. The van der Waals surface area contributed by atoms with Crippen LogP contribution in [0.1, 0.15) is 0 Å². The number of rotatable bonds is 2. The monoisotopic (exact) mass is 238 g/mol. The Kier molecular flexibility index (Phi) is 2.61. The van der Waals surface area contributed by atoms with Crippen molar-refractivity contribution >= 4 is 46.0 Å². The minimum atomic E-state index is -0.701. The van der Waals surface area contributed by atoms with Crippen molar-refractivity contribution in [2.45, 2.75) is 0 Å². The quantitative estimate of drug-likeness (QED) is 0.365. The van der Waals surface area contributed by atoms with E-state index in [2.05, 4.69) is 4.98 Å². The minimum Gasteiger partial charge on any atom is -0.420 e. The van der Waals surface area contributed by atoms with Gasteiger partial charge in [0.15, 0.2) is 9.70 Å². The first-order valence-corrected chi connectivity index (χ1v) is 5.27. The summed E-state index contributed by atoms with van der Waals surface area (Å²) in [5, 5.41) is 6.74. The van der Waals surface area contributed by atoms with E-state index in [4.69, 9.17) is 22.4 Å². The van der Waals surface area contributed by atoms with Gasteiger partial charge in [0.25, 0.3) is 0 Å². The molecule has 6 heteroatoms. The molecule has 1 aromatic heterocycles. The highest BCUT2D eigenvalue weighted by atomic mass is 32.1. The molecule has 2 N–H and O–H groups in total. The summed E-state index contributed by atoms with van der Waals surface area (Å²) in [7, 11) is 0. The summed E-state index contributed by atoms with van der Waals surface area (Å²) in [4.78, 5) is 13.9.